The molecule has 0 aliphatic heterocycles. The predicted octanol–water partition coefficient (Wildman–Crippen LogP) is 0.944. The molecule has 0 aromatic heterocycles. The van der Waals surface area contributed by atoms with Crippen LogP contribution < -0.4 is 0 Å². The second-order valence-electron chi connectivity index (χ2n) is 3.15. The molecule has 0 saturated heterocycles. The number of ether oxygens (including phenoxy) is 1. The molecule has 0 aliphatic rings. The van der Waals surface area contributed by atoms with Gasteiger partial charge in [0.1, 0.15) is 5.54 Å². The summed E-state index contributed by atoms with van der Waals surface area (Å²) in [7, 11) is 3.79. The average Bonchev–Trinajstić information content (AvgIpc) is 2.12. The van der Waals surface area contributed by atoms with Gasteiger partial charge in [-0.15, -0.1) is 0 Å². The second-order valence-corrected chi connectivity index (χ2v) is 3.78. The Bertz CT molecular complexity index is 223. The van der Waals surface area contributed by atoms with Crippen LogP contribution in [0.25, 0.3) is 0 Å². The molecule has 0 aromatic rings. The lowest BCUT2D eigenvalue weighted by Gasteiger charge is -2.31. The van der Waals surface area contributed by atoms with Crippen LogP contribution in [0.1, 0.15) is 20.3 Å². The number of nitrogens with zero attached hydrogens (tertiary/aromatic N) is 2. The normalized spacial score (nSPS) is 11.1. The quantitative estimate of drug-likeness (QED) is 0.503. The number of methoxy groups -OCH3 is 1. The van der Waals surface area contributed by atoms with E-state index in [2.05, 4.69) is 14.1 Å². The van der Waals surface area contributed by atoms with E-state index >= 15 is 0 Å². The van der Waals surface area contributed by atoms with E-state index in [4.69, 9.17) is 5.26 Å². The number of hydrogen-bond acceptors (Lipinski definition) is 4. The van der Waals surface area contributed by atoms with Crippen LogP contribution in [0.5, 0.6) is 0 Å². The van der Waals surface area contributed by atoms with E-state index in [-0.39, 0.29) is 5.97 Å². The largest absolute Gasteiger partial charge is 0.468 e. The summed E-state index contributed by atoms with van der Waals surface area (Å²) < 4.78 is 6.36. The zero-order valence-electron chi connectivity index (χ0n) is 8.20. The molecule has 0 heterocycles. The highest BCUT2D eigenvalue weighted by Crippen LogP contribution is 2.20. The van der Waals surface area contributed by atoms with Gasteiger partial charge in [0, 0.05) is 13.0 Å². The van der Waals surface area contributed by atoms with E-state index < -0.39 is 5.54 Å². The molecule has 0 N–H and O–H groups in total. The third-order valence-electron chi connectivity index (χ3n) is 1.87. The van der Waals surface area contributed by atoms with Crippen molar-refractivity contribution in [2.45, 2.75) is 25.8 Å². The third-order valence-corrected chi connectivity index (χ3v) is 2.77. The average molecular weight is 202 g/mol. The predicted molar refractivity (Wildman–Crippen MR) is 52.7 cm³/mol. The van der Waals surface area contributed by atoms with Crippen LogP contribution in [0.2, 0.25) is 0 Å². The molecule has 0 aliphatic carbocycles. The first kappa shape index (κ1) is 12.3. The Balaban J connectivity index is 4.28. The fraction of sp³-hybridized carbons (Fsp3) is 0.750. The van der Waals surface area contributed by atoms with Gasteiger partial charge in [-0.1, -0.05) is 9.39 Å². The number of carbonyl (C=O) groups is 1. The molecule has 4 nitrogen and oxygen atoms in total. The van der Waals surface area contributed by atoms with Crippen LogP contribution in [0.3, 0.4) is 0 Å². The van der Waals surface area contributed by atoms with Crippen molar-refractivity contribution < 1.29 is 9.53 Å². The maximum Gasteiger partial charge on any atom is 0.325 e. The highest BCUT2D eigenvalue weighted by atomic mass is 31.0. The molecule has 5 heteroatoms. The molecule has 0 fully saturated rings. The molecule has 0 radical (unpaired) electrons. The zero-order chi connectivity index (χ0) is 10.5. The Hall–Kier alpha value is -0.650. The lowest BCUT2D eigenvalue weighted by molar-refractivity contribution is -0.149. The van der Waals surface area contributed by atoms with E-state index in [1.165, 1.54) is 7.11 Å². The summed E-state index contributed by atoms with van der Waals surface area (Å²) in [6.45, 7) is 4.04. The van der Waals surface area contributed by atoms with Crippen molar-refractivity contribution in [1.29, 1.82) is 5.26 Å². The molecule has 0 spiro atoms. The Kier molecular flexibility index (Phi) is 4.90. The van der Waals surface area contributed by atoms with Crippen molar-refractivity contribution in [3.8, 4) is 6.07 Å². The molecule has 74 valence electrons. The van der Waals surface area contributed by atoms with Gasteiger partial charge < -0.3 is 4.74 Å². The van der Waals surface area contributed by atoms with Gasteiger partial charge in [-0.25, -0.2) is 0 Å². The van der Waals surface area contributed by atoms with Crippen molar-refractivity contribution in [1.82, 2.24) is 4.67 Å². The first-order chi connectivity index (χ1) is 5.96. The van der Waals surface area contributed by atoms with Gasteiger partial charge in [0.05, 0.1) is 13.2 Å². The third kappa shape index (κ3) is 3.30. The number of esters is 1. The number of carbonyl (C=O) groups excluding carboxylic acids is 1. The van der Waals surface area contributed by atoms with Gasteiger partial charge in [0.15, 0.2) is 0 Å². The maximum atomic E-state index is 11.3. The molecule has 13 heavy (non-hydrogen) atoms. The van der Waals surface area contributed by atoms with E-state index in [9.17, 15) is 4.79 Å². The van der Waals surface area contributed by atoms with Crippen LogP contribution in [0, 0.1) is 11.3 Å². The molecular formula is C8H15N2O2P. The van der Waals surface area contributed by atoms with Gasteiger partial charge in [0.25, 0.3) is 0 Å². The van der Waals surface area contributed by atoms with Crippen LogP contribution in [0.15, 0.2) is 0 Å². The van der Waals surface area contributed by atoms with E-state index in [1.54, 1.807) is 18.5 Å². The van der Waals surface area contributed by atoms with Crippen molar-refractivity contribution in [3.05, 3.63) is 0 Å². The van der Waals surface area contributed by atoms with E-state index in [0.717, 1.165) is 0 Å². The summed E-state index contributed by atoms with van der Waals surface area (Å²) in [4.78, 5) is 11.3. The van der Waals surface area contributed by atoms with Gasteiger partial charge in [-0.05, 0) is 13.8 Å². The topological polar surface area (TPSA) is 53.3 Å². The molecule has 0 amide bonds. The number of rotatable bonds is 4. The summed E-state index contributed by atoms with van der Waals surface area (Å²) in [5.41, 5.74) is -0.698. The van der Waals surface area contributed by atoms with Gasteiger partial charge in [0.2, 0.25) is 0 Å². The second kappa shape index (κ2) is 5.16. The standard InChI is InChI=1S/C8H15N2O2P/c1-8(2,7(11)12-3)10(13)6-4-5-9/h4,6,13H2,1-3H3. The fourth-order valence-electron chi connectivity index (χ4n) is 0.817. The minimum Gasteiger partial charge on any atom is -0.468 e. The molecule has 0 bridgehead atoms. The van der Waals surface area contributed by atoms with Gasteiger partial charge >= 0.3 is 5.97 Å². The summed E-state index contributed by atoms with van der Waals surface area (Å²) in [5.74, 6) is -0.305. The van der Waals surface area contributed by atoms with Gasteiger partial charge in [-0.2, -0.15) is 5.26 Å². The van der Waals surface area contributed by atoms with Gasteiger partial charge in [-0.3, -0.25) is 9.46 Å². The van der Waals surface area contributed by atoms with Crippen molar-refractivity contribution in [2.75, 3.05) is 13.7 Å². The Labute approximate surface area is 81.1 Å². The Morgan fingerprint density at radius 1 is 1.69 bits per heavy atom. The Morgan fingerprint density at radius 2 is 2.23 bits per heavy atom. The van der Waals surface area contributed by atoms with Crippen LogP contribution >= 0.6 is 9.39 Å². The van der Waals surface area contributed by atoms with Crippen LogP contribution in [0.4, 0.5) is 0 Å². The highest BCUT2D eigenvalue weighted by molar-refractivity contribution is 7.13. The van der Waals surface area contributed by atoms with Crippen LogP contribution in [-0.4, -0.2) is 29.8 Å². The summed E-state index contributed by atoms with van der Waals surface area (Å²) in [5, 5.41) is 8.37. The van der Waals surface area contributed by atoms with E-state index in [0.29, 0.717) is 13.0 Å². The molecule has 0 rings (SSSR count). The molecule has 0 saturated carbocycles. The smallest absolute Gasteiger partial charge is 0.325 e. The highest BCUT2D eigenvalue weighted by Gasteiger charge is 2.32. The SMILES string of the molecule is COC(=O)C(C)(C)N(P)CCC#N. The molecule has 1 unspecified atom stereocenters. The number of hydrogen-bond donors (Lipinski definition) is 0. The Morgan fingerprint density at radius 3 is 2.62 bits per heavy atom. The molecule has 1 atom stereocenters. The summed E-state index contributed by atoms with van der Waals surface area (Å²) in [6, 6.07) is 2.02. The maximum absolute atomic E-state index is 11.3. The summed E-state index contributed by atoms with van der Waals surface area (Å²) in [6.07, 6.45) is 0.393. The van der Waals surface area contributed by atoms with E-state index in [1.807, 2.05) is 6.07 Å². The summed E-state index contributed by atoms with van der Waals surface area (Å²) >= 11 is 0. The first-order valence-corrected chi connectivity index (χ1v) is 4.46. The lowest BCUT2D eigenvalue weighted by atomic mass is 10.1. The fourth-order valence-corrected chi connectivity index (χ4v) is 1.05. The lowest BCUT2D eigenvalue weighted by Crippen LogP contribution is -2.45. The number of nitriles is 1. The minimum atomic E-state index is -0.698. The minimum absolute atomic E-state index is 0.305. The van der Waals surface area contributed by atoms with Crippen LogP contribution in [-0.2, 0) is 9.53 Å². The first-order valence-electron chi connectivity index (χ1n) is 3.94. The molecule has 0 aromatic carbocycles. The van der Waals surface area contributed by atoms with Crippen molar-refractivity contribution in [3.63, 3.8) is 0 Å². The van der Waals surface area contributed by atoms with Crippen molar-refractivity contribution >= 4 is 15.4 Å². The molecular weight excluding hydrogens is 187 g/mol. The monoisotopic (exact) mass is 202 g/mol. The van der Waals surface area contributed by atoms with Crippen molar-refractivity contribution in [2.24, 2.45) is 0 Å². The zero-order valence-corrected chi connectivity index (χ0v) is 9.36.